The van der Waals surface area contributed by atoms with Crippen LogP contribution < -0.4 is 0 Å². The highest BCUT2D eigenvalue weighted by atomic mass is 16.5. The van der Waals surface area contributed by atoms with Gasteiger partial charge in [-0.1, -0.05) is 30.3 Å². The lowest BCUT2D eigenvalue weighted by atomic mass is 9.80. The number of hydrogen-bond acceptors (Lipinski definition) is 4. The summed E-state index contributed by atoms with van der Waals surface area (Å²) in [5.74, 6) is 0.559. The molecular weight excluding hydrogens is 402 g/mol. The quantitative estimate of drug-likeness (QED) is 0.613. The SMILES string of the molecule is CCOC(=O)[C@H]1CC[C@H](CC(=O)N2CCc3c(C)nn(CCc4ccccc4)c3C2)CC1. The van der Waals surface area contributed by atoms with E-state index in [1.807, 2.05) is 17.9 Å². The number of nitrogens with zero attached hydrogens (tertiary/aromatic N) is 3. The Kier molecular flexibility index (Phi) is 7.28. The van der Waals surface area contributed by atoms with Crippen molar-refractivity contribution in [1.29, 1.82) is 0 Å². The number of esters is 1. The molecule has 1 fully saturated rings. The number of ether oxygens (including phenoxy) is 1. The molecule has 2 heterocycles. The van der Waals surface area contributed by atoms with Crippen molar-refractivity contribution in [3.8, 4) is 0 Å². The molecule has 4 rings (SSSR count). The lowest BCUT2D eigenvalue weighted by molar-refractivity contribution is -0.149. The van der Waals surface area contributed by atoms with E-state index < -0.39 is 0 Å². The zero-order chi connectivity index (χ0) is 22.5. The zero-order valence-electron chi connectivity index (χ0n) is 19.4. The van der Waals surface area contributed by atoms with E-state index in [0.29, 0.717) is 25.5 Å². The van der Waals surface area contributed by atoms with Gasteiger partial charge in [0.2, 0.25) is 5.91 Å². The number of carbonyl (C=O) groups is 2. The highest BCUT2D eigenvalue weighted by Crippen LogP contribution is 2.32. The highest BCUT2D eigenvalue weighted by molar-refractivity contribution is 5.77. The molecule has 2 aliphatic rings. The molecule has 0 saturated heterocycles. The lowest BCUT2D eigenvalue weighted by Crippen LogP contribution is -2.38. The average molecular weight is 438 g/mol. The third-order valence-corrected chi connectivity index (χ3v) is 7.08. The van der Waals surface area contributed by atoms with Crippen LogP contribution in [0.25, 0.3) is 0 Å². The summed E-state index contributed by atoms with van der Waals surface area (Å²) in [6, 6.07) is 10.5. The predicted octanol–water partition coefficient (Wildman–Crippen LogP) is 4.08. The number of carbonyl (C=O) groups excluding carboxylic acids is 2. The Labute approximate surface area is 190 Å². The van der Waals surface area contributed by atoms with Gasteiger partial charge in [0.1, 0.15) is 0 Å². The second-order valence-corrected chi connectivity index (χ2v) is 9.21. The molecule has 1 saturated carbocycles. The summed E-state index contributed by atoms with van der Waals surface area (Å²) >= 11 is 0. The molecule has 6 nitrogen and oxygen atoms in total. The summed E-state index contributed by atoms with van der Waals surface area (Å²) in [5.41, 5.74) is 4.91. The van der Waals surface area contributed by atoms with Crippen LogP contribution in [0.3, 0.4) is 0 Å². The van der Waals surface area contributed by atoms with E-state index >= 15 is 0 Å². The van der Waals surface area contributed by atoms with Gasteiger partial charge in [0.05, 0.1) is 30.5 Å². The average Bonchev–Trinajstić information content (AvgIpc) is 3.14. The molecule has 0 spiro atoms. The van der Waals surface area contributed by atoms with Crippen LogP contribution >= 0.6 is 0 Å². The van der Waals surface area contributed by atoms with Crippen molar-refractivity contribution in [2.75, 3.05) is 13.2 Å². The molecule has 2 aromatic rings. The minimum atomic E-state index is -0.0695. The van der Waals surface area contributed by atoms with Gasteiger partial charge in [0.25, 0.3) is 0 Å². The monoisotopic (exact) mass is 437 g/mol. The third kappa shape index (κ3) is 5.22. The van der Waals surface area contributed by atoms with E-state index in [2.05, 4.69) is 35.9 Å². The molecule has 1 aliphatic carbocycles. The number of rotatable bonds is 7. The first kappa shape index (κ1) is 22.6. The Hall–Kier alpha value is -2.63. The van der Waals surface area contributed by atoms with Crippen molar-refractivity contribution in [2.24, 2.45) is 11.8 Å². The molecule has 0 radical (unpaired) electrons. The Morgan fingerprint density at radius 3 is 2.59 bits per heavy atom. The molecule has 1 aliphatic heterocycles. The van der Waals surface area contributed by atoms with Crippen LogP contribution in [0.1, 0.15) is 61.5 Å². The number of aromatic nitrogens is 2. The van der Waals surface area contributed by atoms with Crippen molar-refractivity contribution in [2.45, 2.75) is 71.9 Å². The van der Waals surface area contributed by atoms with Crippen LogP contribution in [-0.4, -0.2) is 39.7 Å². The summed E-state index contributed by atoms with van der Waals surface area (Å²) < 4.78 is 7.28. The Balaban J connectivity index is 1.33. The van der Waals surface area contributed by atoms with Gasteiger partial charge in [0, 0.05) is 19.5 Å². The van der Waals surface area contributed by atoms with Crippen molar-refractivity contribution in [3.63, 3.8) is 0 Å². The van der Waals surface area contributed by atoms with E-state index in [9.17, 15) is 9.59 Å². The standard InChI is InChI=1S/C26H35N3O3/c1-3-32-26(31)22-11-9-21(10-12-22)17-25(30)28-15-14-23-19(2)27-29(24(23)18-28)16-13-20-7-5-4-6-8-20/h4-8,21-22H,3,9-18H2,1-2H3/t21-,22-. The normalized spacial score (nSPS) is 20.6. The molecule has 6 heteroatoms. The summed E-state index contributed by atoms with van der Waals surface area (Å²) in [5, 5.41) is 4.79. The van der Waals surface area contributed by atoms with Gasteiger partial charge < -0.3 is 9.64 Å². The molecular formula is C26H35N3O3. The first-order chi connectivity index (χ1) is 15.5. The minimum Gasteiger partial charge on any atom is -0.466 e. The molecule has 0 bridgehead atoms. The van der Waals surface area contributed by atoms with Gasteiger partial charge in [0.15, 0.2) is 0 Å². The van der Waals surface area contributed by atoms with Gasteiger partial charge in [-0.2, -0.15) is 5.10 Å². The smallest absolute Gasteiger partial charge is 0.308 e. The molecule has 172 valence electrons. The number of hydrogen-bond donors (Lipinski definition) is 0. The molecule has 0 atom stereocenters. The minimum absolute atomic E-state index is 0.0146. The summed E-state index contributed by atoms with van der Waals surface area (Å²) in [6.07, 6.45) is 5.95. The fraction of sp³-hybridized carbons (Fsp3) is 0.577. The second kappa shape index (κ2) is 10.3. The second-order valence-electron chi connectivity index (χ2n) is 9.21. The number of fused-ring (bicyclic) bond motifs is 1. The molecule has 1 aromatic carbocycles. The van der Waals surface area contributed by atoms with Crippen LogP contribution in [0.15, 0.2) is 30.3 Å². The van der Waals surface area contributed by atoms with Crippen molar-refractivity contribution >= 4 is 11.9 Å². The maximum absolute atomic E-state index is 13.1. The zero-order valence-corrected chi connectivity index (χ0v) is 19.4. The molecule has 32 heavy (non-hydrogen) atoms. The van der Waals surface area contributed by atoms with Crippen LogP contribution in [0.5, 0.6) is 0 Å². The van der Waals surface area contributed by atoms with E-state index in [1.54, 1.807) is 0 Å². The Bertz CT molecular complexity index is 929. The van der Waals surface area contributed by atoms with E-state index in [1.165, 1.54) is 16.8 Å². The fourth-order valence-corrected chi connectivity index (χ4v) is 5.19. The van der Waals surface area contributed by atoms with Crippen LogP contribution in [0, 0.1) is 18.8 Å². The van der Waals surface area contributed by atoms with Crippen LogP contribution in [0.2, 0.25) is 0 Å². The van der Waals surface area contributed by atoms with Gasteiger partial charge in [-0.05, 0) is 69.4 Å². The molecule has 0 unspecified atom stereocenters. The largest absolute Gasteiger partial charge is 0.466 e. The van der Waals surface area contributed by atoms with Gasteiger partial charge in [-0.3, -0.25) is 14.3 Å². The van der Waals surface area contributed by atoms with Crippen molar-refractivity contribution < 1.29 is 14.3 Å². The topological polar surface area (TPSA) is 64.4 Å². The first-order valence-corrected chi connectivity index (χ1v) is 12.1. The van der Waals surface area contributed by atoms with Crippen molar-refractivity contribution in [1.82, 2.24) is 14.7 Å². The van der Waals surface area contributed by atoms with Crippen molar-refractivity contribution in [3.05, 3.63) is 52.8 Å². The van der Waals surface area contributed by atoms with E-state index in [4.69, 9.17) is 9.84 Å². The molecule has 0 N–H and O–H groups in total. The van der Waals surface area contributed by atoms with E-state index in [0.717, 1.165) is 57.3 Å². The van der Waals surface area contributed by atoms with Crippen LogP contribution in [0.4, 0.5) is 0 Å². The van der Waals surface area contributed by atoms with Crippen LogP contribution in [-0.2, 0) is 40.3 Å². The maximum Gasteiger partial charge on any atom is 0.308 e. The number of benzene rings is 1. The highest BCUT2D eigenvalue weighted by Gasteiger charge is 2.31. The van der Waals surface area contributed by atoms with Gasteiger partial charge in [-0.25, -0.2) is 0 Å². The lowest BCUT2D eigenvalue weighted by Gasteiger charge is -2.31. The van der Waals surface area contributed by atoms with E-state index in [-0.39, 0.29) is 17.8 Å². The van der Waals surface area contributed by atoms with Gasteiger partial charge >= 0.3 is 5.97 Å². The Morgan fingerprint density at radius 2 is 1.88 bits per heavy atom. The first-order valence-electron chi connectivity index (χ1n) is 12.1. The molecule has 1 aromatic heterocycles. The maximum atomic E-state index is 13.1. The summed E-state index contributed by atoms with van der Waals surface area (Å²) in [7, 11) is 0. The number of aryl methyl sites for hydroxylation is 3. The summed E-state index contributed by atoms with van der Waals surface area (Å²) in [4.78, 5) is 27.1. The van der Waals surface area contributed by atoms with Gasteiger partial charge in [-0.15, -0.1) is 0 Å². The summed E-state index contributed by atoms with van der Waals surface area (Å²) in [6.45, 7) is 6.63. The fourth-order valence-electron chi connectivity index (χ4n) is 5.19. The predicted molar refractivity (Wildman–Crippen MR) is 123 cm³/mol. The third-order valence-electron chi connectivity index (χ3n) is 7.08. The molecule has 1 amide bonds. The Morgan fingerprint density at radius 1 is 1.12 bits per heavy atom. The number of amides is 1.